The van der Waals surface area contributed by atoms with Crippen molar-refractivity contribution >= 4 is 6.03 Å². The van der Waals surface area contributed by atoms with Crippen LogP contribution in [0.5, 0.6) is 11.5 Å². The monoisotopic (exact) mass is 276 g/mol. The second-order valence-corrected chi connectivity index (χ2v) is 5.34. The van der Waals surface area contributed by atoms with Crippen LogP contribution in [0, 0.1) is 0 Å². The maximum absolute atomic E-state index is 12.2. The van der Waals surface area contributed by atoms with Crippen LogP contribution in [-0.2, 0) is 0 Å². The Morgan fingerprint density at radius 3 is 3.00 bits per heavy atom. The van der Waals surface area contributed by atoms with Crippen molar-refractivity contribution in [2.45, 2.75) is 39.0 Å². The van der Waals surface area contributed by atoms with Gasteiger partial charge in [0.05, 0.1) is 12.6 Å². The average molecular weight is 276 g/mol. The lowest BCUT2D eigenvalue weighted by Gasteiger charge is -2.50. The van der Waals surface area contributed by atoms with Crippen LogP contribution < -0.4 is 14.8 Å². The molecule has 2 amide bonds. The summed E-state index contributed by atoms with van der Waals surface area (Å²) < 4.78 is 11.8. The molecule has 1 fully saturated rings. The van der Waals surface area contributed by atoms with Gasteiger partial charge in [-0.15, -0.1) is 0 Å². The first kappa shape index (κ1) is 13.1. The maximum Gasteiger partial charge on any atom is 0.320 e. The number of amides is 2. The summed E-state index contributed by atoms with van der Waals surface area (Å²) in [4.78, 5) is 13.9. The molecule has 0 radical (unpaired) electrons. The zero-order valence-corrected chi connectivity index (χ0v) is 12.1. The number of carbonyl (C=O) groups excluding carboxylic acids is 1. The minimum absolute atomic E-state index is 0.0144. The summed E-state index contributed by atoms with van der Waals surface area (Å²) in [6.07, 6.45) is 0.745. The molecule has 2 bridgehead atoms. The van der Waals surface area contributed by atoms with Crippen LogP contribution in [0.2, 0.25) is 0 Å². The van der Waals surface area contributed by atoms with E-state index in [2.05, 4.69) is 5.32 Å². The molecule has 0 saturated carbocycles. The van der Waals surface area contributed by atoms with Crippen LogP contribution in [0.1, 0.15) is 38.8 Å². The third-order valence-corrected chi connectivity index (χ3v) is 4.02. The van der Waals surface area contributed by atoms with Gasteiger partial charge in [-0.25, -0.2) is 4.79 Å². The molecule has 1 aromatic rings. The molecule has 0 spiro atoms. The molecule has 2 unspecified atom stereocenters. The highest BCUT2D eigenvalue weighted by molar-refractivity contribution is 5.77. The zero-order valence-electron chi connectivity index (χ0n) is 12.1. The molecule has 3 rings (SSSR count). The summed E-state index contributed by atoms with van der Waals surface area (Å²) in [7, 11) is 0. The average Bonchev–Trinajstić information content (AvgIpc) is 2.39. The summed E-state index contributed by atoms with van der Waals surface area (Å²) >= 11 is 0. The number of urea groups is 1. The van der Waals surface area contributed by atoms with Crippen molar-refractivity contribution in [1.82, 2.24) is 10.2 Å². The minimum atomic E-state index is -0.609. The second kappa shape index (κ2) is 4.58. The number of fused-ring (bicyclic) bond motifs is 4. The summed E-state index contributed by atoms with van der Waals surface area (Å²) in [5.74, 6) is 1.50. The summed E-state index contributed by atoms with van der Waals surface area (Å²) in [5.41, 5.74) is 0.389. The molecular weight excluding hydrogens is 256 g/mol. The maximum atomic E-state index is 12.2. The van der Waals surface area contributed by atoms with Gasteiger partial charge in [0.15, 0.2) is 17.2 Å². The number of ether oxygens (including phenoxy) is 2. The van der Waals surface area contributed by atoms with E-state index in [0.717, 1.165) is 23.5 Å². The normalized spacial score (nSPS) is 27.4. The highest BCUT2D eigenvalue weighted by Gasteiger charge is 2.49. The molecule has 2 aliphatic rings. The highest BCUT2D eigenvalue weighted by atomic mass is 16.5. The Kier molecular flexibility index (Phi) is 3.00. The van der Waals surface area contributed by atoms with Crippen LogP contribution in [0.25, 0.3) is 0 Å². The molecule has 1 N–H and O–H groups in total. The van der Waals surface area contributed by atoms with E-state index in [1.165, 1.54) is 0 Å². The van der Waals surface area contributed by atoms with E-state index in [1.807, 2.05) is 39.0 Å². The fourth-order valence-corrected chi connectivity index (χ4v) is 3.15. The van der Waals surface area contributed by atoms with E-state index >= 15 is 0 Å². The molecule has 108 valence electrons. The zero-order chi connectivity index (χ0) is 14.3. The molecule has 5 nitrogen and oxygen atoms in total. The topological polar surface area (TPSA) is 50.8 Å². The van der Waals surface area contributed by atoms with E-state index in [9.17, 15) is 4.79 Å². The van der Waals surface area contributed by atoms with Crippen molar-refractivity contribution in [3.05, 3.63) is 23.8 Å². The van der Waals surface area contributed by atoms with Gasteiger partial charge < -0.3 is 14.8 Å². The van der Waals surface area contributed by atoms with Gasteiger partial charge in [-0.05, 0) is 26.8 Å². The smallest absolute Gasteiger partial charge is 0.320 e. The van der Waals surface area contributed by atoms with Gasteiger partial charge >= 0.3 is 6.03 Å². The summed E-state index contributed by atoms with van der Waals surface area (Å²) in [5, 5.41) is 3.05. The first-order valence-corrected chi connectivity index (χ1v) is 7.12. The van der Waals surface area contributed by atoms with Crippen LogP contribution in [0.15, 0.2) is 18.2 Å². The Balaban J connectivity index is 2.07. The van der Waals surface area contributed by atoms with Gasteiger partial charge in [-0.1, -0.05) is 12.1 Å². The van der Waals surface area contributed by atoms with Gasteiger partial charge in [0.1, 0.15) is 0 Å². The Labute approximate surface area is 118 Å². The second-order valence-electron chi connectivity index (χ2n) is 5.34. The van der Waals surface area contributed by atoms with E-state index in [-0.39, 0.29) is 12.1 Å². The van der Waals surface area contributed by atoms with Crippen LogP contribution in [-0.4, -0.2) is 29.8 Å². The standard InChI is InChI=1S/C15H20N2O3/c1-4-17-14(18)16-11-9-15(17,3)20-13-10(11)7-6-8-12(13)19-5-2/h6-8,11H,4-5,9H2,1-3H3,(H,16,18). The lowest BCUT2D eigenvalue weighted by molar-refractivity contribution is -0.0830. The number of hydrogen-bond acceptors (Lipinski definition) is 3. The Morgan fingerprint density at radius 2 is 2.30 bits per heavy atom. The number of nitrogens with one attached hydrogen (secondary N) is 1. The third kappa shape index (κ3) is 1.80. The SMILES string of the molecule is CCOc1cccc2c1OC1(C)CC2NC(=O)N1CC. The van der Waals surface area contributed by atoms with E-state index in [0.29, 0.717) is 13.2 Å². The molecular formula is C15H20N2O3. The van der Waals surface area contributed by atoms with Gasteiger partial charge in [-0.3, -0.25) is 4.90 Å². The molecule has 2 aliphatic heterocycles. The van der Waals surface area contributed by atoms with Crippen molar-refractivity contribution < 1.29 is 14.3 Å². The van der Waals surface area contributed by atoms with E-state index in [1.54, 1.807) is 4.90 Å². The van der Waals surface area contributed by atoms with Crippen LogP contribution in [0.4, 0.5) is 4.79 Å². The summed E-state index contributed by atoms with van der Waals surface area (Å²) in [6.45, 7) is 7.07. The first-order valence-electron chi connectivity index (χ1n) is 7.12. The highest BCUT2D eigenvalue weighted by Crippen LogP contribution is 2.47. The predicted octanol–water partition coefficient (Wildman–Crippen LogP) is 2.67. The number of para-hydroxylation sites is 1. The molecule has 2 heterocycles. The molecule has 0 aliphatic carbocycles. The van der Waals surface area contributed by atoms with Gasteiger partial charge in [0, 0.05) is 18.5 Å². The Bertz CT molecular complexity index is 546. The van der Waals surface area contributed by atoms with E-state index in [4.69, 9.17) is 9.47 Å². The quantitative estimate of drug-likeness (QED) is 0.923. The number of benzene rings is 1. The lowest BCUT2D eigenvalue weighted by Crippen LogP contribution is -2.64. The predicted molar refractivity (Wildman–Crippen MR) is 74.9 cm³/mol. The molecule has 5 heteroatoms. The number of hydrogen-bond donors (Lipinski definition) is 1. The third-order valence-electron chi connectivity index (χ3n) is 4.02. The lowest BCUT2D eigenvalue weighted by atomic mass is 9.90. The van der Waals surface area contributed by atoms with Crippen molar-refractivity contribution in [2.24, 2.45) is 0 Å². The molecule has 1 aromatic carbocycles. The minimum Gasteiger partial charge on any atom is -0.490 e. The Morgan fingerprint density at radius 1 is 1.50 bits per heavy atom. The van der Waals surface area contributed by atoms with Gasteiger partial charge in [0.25, 0.3) is 0 Å². The van der Waals surface area contributed by atoms with Crippen molar-refractivity contribution in [3.8, 4) is 11.5 Å². The largest absolute Gasteiger partial charge is 0.490 e. The van der Waals surface area contributed by atoms with Gasteiger partial charge in [0.2, 0.25) is 0 Å². The van der Waals surface area contributed by atoms with Gasteiger partial charge in [-0.2, -0.15) is 0 Å². The molecule has 20 heavy (non-hydrogen) atoms. The van der Waals surface area contributed by atoms with Crippen molar-refractivity contribution in [1.29, 1.82) is 0 Å². The van der Waals surface area contributed by atoms with Crippen molar-refractivity contribution in [2.75, 3.05) is 13.2 Å². The molecule has 0 aromatic heterocycles. The number of nitrogens with zero attached hydrogens (tertiary/aromatic N) is 1. The molecule has 1 saturated heterocycles. The first-order chi connectivity index (χ1) is 9.59. The fourth-order valence-electron chi connectivity index (χ4n) is 3.15. The van der Waals surface area contributed by atoms with Crippen LogP contribution >= 0.6 is 0 Å². The molecule has 2 atom stereocenters. The number of carbonyl (C=O) groups is 1. The fraction of sp³-hybridized carbons (Fsp3) is 0.533. The summed E-state index contributed by atoms with van der Waals surface area (Å²) in [6, 6.07) is 5.75. The van der Waals surface area contributed by atoms with E-state index < -0.39 is 5.72 Å². The van der Waals surface area contributed by atoms with Crippen molar-refractivity contribution in [3.63, 3.8) is 0 Å². The Hall–Kier alpha value is -1.91. The van der Waals surface area contributed by atoms with Crippen LogP contribution in [0.3, 0.4) is 0 Å². The number of rotatable bonds is 3.